The van der Waals surface area contributed by atoms with Crippen LogP contribution in [0.4, 0.5) is 5.95 Å². The minimum absolute atomic E-state index is 0.706. The number of fused-ring (bicyclic) bond motifs is 1. The third-order valence-corrected chi connectivity index (χ3v) is 4.96. The largest absolute Gasteiger partial charge is 0.354 e. The third kappa shape index (κ3) is 3.06. The van der Waals surface area contributed by atoms with Crippen LogP contribution in [0.1, 0.15) is 39.0 Å². The van der Waals surface area contributed by atoms with Crippen molar-refractivity contribution in [3.05, 3.63) is 6.20 Å². The van der Waals surface area contributed by atoms with Gasteiger partial charge < -0.3 is 5.32 Å². The van der Waals surface area contributed by atoms with Gasteiger partial charge in [0.25, 0.3) is 0 Å². The van der Waals surface area contributed by atoms with Crippen LogP contribution >= 0.6 is 11.8 Å². The van der Waals surface area contributed by atoms with Gasteiger partial charge in [0.05, 0.1) is 11.6 Å². The quantitative estimate of drug-likeness (QED) is 0.630. The van der Waals surface area contributed by atoms with E-state index in [9.17, 15) is 0 Å². The van der Waals surface area contributed by atoms with Crippen LogP contribution in [0.15, 0.2) is 11.2 Å². The molecule has 3 rings (SSSR count). The number of aromatic nitrogens is 4. The molecule has 0 saturated heterocycles. The van der Waals surface area contributed by atoms with Crippen molar-refractivity contribution in [1.82, 2.24) is 20.2 Å². The highest BCUT2D eigenvalue weighted by molar-refractivity contribution is 7.99. The van der Waals surface area contributed by atoms with Gasteiger partial charge in [0.15, 0.2) is 5.65 Å². The summed E-state index contributed by atoms with van der Waals surface area (Å²) >= 11 is 1.85. The zero-order valence-corrected chi connectivity index (χ0v) is 12.7. The fourth-order valence-corrected chi connectivity index (χ4v) is 3.79. The van der Waals surface area contributed by atoms with Crippen molar-refractivity contribution in [2.24, 2.45) is 5.92 Å². The Bertz CT molecular complexity index is 562. The van der Waals surface area contributed by atoms with E-state index in [0.717, 1.165) is 40.7 Å². The highest BCUT2D eigenvalue weighted by Gasteiger charge is 2.17. The molecule has 2 N–H and O–H groups in total. The second kappa shape index (κ2) is 6.43. The van der Waals surface area contributed by atoms with E-state index in [0.29, 0.717) is 5.95 Å². The van der Waals surface area contributed by atoms with Crippen molar-refractivity contribution in [2.45, 2.75) is 44.1 Å². The van der Waals surface area contributed by atoms with Gasteiger partial charge in [0.1, 0.15) is 5.03 Å². The Morgan fingerprint density at radius 1 is 1.35 bits per heavy atom. The maximum atomic E-state index is 4.65. The van der Waals surface area contributed by atoms with E-state index < -0.39 is 0 Å². The Morgan fingerprint density at radius 2 is 2.20 bits per heavy atom. The van der Waals surface area contributed by atoms with Gasteiger partial charge in [-0.25, -0.2) is 4.98 Å². The molecule has 1 fully saturated rings. The number of rotatable bonds is 6. The van der Waals surface area contributed by atoms with Crippen molar-refractivity contribution >= 4 is 28.7 Å². The molecule has 2 aromatic rings. The van der Waals surface area contributed by atoms with Crippen LogP contribution < -0.4 is 5.32 Å². The Labute approximate surface area is 123 Å². The van der Waals surface area contributed by atoms with E-state index in [1.165, 1.54) is 25.7 Å². The molecule has 0 radical (unpaired) electrons. The van der Waals surface area contributed by atoms with E-state index in [1.54, 1.807) is 0 Å². The number of nitrogens with one attached hydrogen (secondary N) is 2. The van der Waals surface area contributed by atoms with E-state index >= 15 is 0 Å². The maximum Gasteiger partial charge on any atom is 0.225 e. The first-order valence-electron chi connectivity index (χ1n) is 7.44. The molecule has 0 bridgehead atoms. The molecule has 6 heteroatoms. The topological polar surface area (TPSA) is 66.5 Å². The predicted octanol–water partition coefficient (Wildman–Crippen LogP) is 3.46. The maximum absolute atomic E-state index is 4.65. The second-order valence-electron chi connectivity index (χ2n) is 5.37. The molecule has 2 heterocycles. The first-order valence-corrected chi connectivity index (χ1v) is 8.43. The lowest BCUT2D eigenvalue weighted by Gasteiger charge is -2.09. The fraction of sp³-hybridized carbons (Fsp3) is 0.643. The SMILES string of the molecule is CCCNc1nc(SCC2CCCC2)c2cn[nH]c2n1. The minimum Gasteiger partial charge on any atom is -0.354 e. The van der Waals surface area contributed by atoms with Gasteiger partial charge in [0.2, 0.25) is 5.95 Å². The number of hydrogen-bond donors (Lipinski definition) is 2. The third-order valence-electron chi connectivity index (χ3n) is 3.74. The first-order chi connectivity index (χ1) is 9.86. The van der Waals surface area contributed by atoms with Gasteiger partial charge in [0, 0.05) is 12.3 Å². The van der Waals surface area contributed by atoms with Crippen LogP contribution in [-0.4, -0.2) is 32.5 Å². The van der Waals surface area contributed by atoms with Crippen LogP contribution in [0.25, 0.3) is 11.0 Å². The lowest BCUT2D eigenvalue weighted by molar-refractivity contribution is 0.623. The molecule has 0 aromatic carbocycles. The minimum atomic E-state index is 0.706. The van der Waals surface area contributed by atoms with Crippen LogP contribution in [0.5, 0.6) is 0 Å². The summed E-state index contributed by atoms with van der Waals surface area (Å²) in [5.74, 6) is 2.71. The monoisotopic (exact) mass is 291 g/mol. The number of aromatic amines is 1. The molecule has 0 atom stereocenters. The average Bonchev–Trinajstić information content (AvgIpc) is 3.13. The highest BCUT2D eigenvalue weighted by atomic mass is 32.2. The molecule has 1 aliphatic rings. The molecule has 1 aliphatic carbocycles. The zero-order valence-electron chi connectivity index (χ0n) is 11.9. The lowest BCUT2D eigenvalue weighted by atomic mass is 10.1. The number of nitrogens with zero attached hydrogens (tertiary/aromatic N) is 3. The van der Waals surface area contributed by atoms with Crippen molar-refractivity contribution < 1.29 is 0 Å². The zero-order chi connectivity index (χ0) is 13.8. The summed E-state index contributed by atoms with van der Waals surface area (Å²) in [7, 11) is 0. The molecule has 5 nitrogen and oxygen atoms in total. The molecule has 108 valence electrons. The van der Waals surface area contributed by atoms with E-state index in [4.69, 9.17) is 0 Å². The fourth-order valence-electron chi connectivity index (χ4n) is 2.61. The summed E-state index contributed by atoms with van der Waals surface area (Å²) in [5, 5.41) is 12.4. The van der Waals surface area contributed by atoms with Gasteiger partial charge in [-0.15, -0.1) is 11.8 Å². The van der Waals surface area contributed by atoms with Gasteiger partial charge in [-0.3, -0.25) is 5.10 Å². The first kappa shape index (κ1) is 13.7. The summed E-state index contributed by atoms with van der Waals surface area (Å²) in [6.07, 6.45) is 8.41. The van der Waals surface area contributed by atoms with Crippen molar-refractivity contribution in [3.63, 3.8) is 0 Å². The molecule has 0 unspecified atom stereocenters. The Hall–Kier alpha value is -1.30. The molecular formula is C14H21N5S. The van der Waals surface area contributed by atoms with Gasteiger partial charge in [-0.1, -0.05) is 19.8 Å². The predicted molar refractivity (Wildman–Crippen MR) is 83.1 cm³/mol. The van der Waals surface area contributed by atoms with Crippen LogP contribution in [-0.2, 0) is 0 Å². The summed E-state index contributed by atoms with van der Waals surface area (Å²) in [4.78, 5) is 9.11. The van der Waals surface area contributed by atoms with Gasteiger partial charge in [-0.05, 0) is 25.2 Å². The van der Waals surface area contributed by atoms with Gasteiger partial charge >= 0.3 is 0 Å². The number of hydrogen-bond acceptors (Lipinski definition) is 5. The summed E-state index contributed by atoms with van der Waals surface area (Å²) in [6, 6.07) is 0. The molecular weight excluding hydrogens is 270 g/mol. The molecule has 20 heavy (non-hydrogen) atoms. The normalized spacial score (nSPS) is 16.1. The number of H-pyrrole nitrogens is 1. The standard InChI is InChI=1S/C14H21N5S/c1-2-7-15-14-17-12-11(8-16-19-12)13(18-14)20-9-10-5-3-4-6-10/h8,10H,2-7,9H2,1H3,(H2,15,16,17,18,19). The van der Waals surface area contributed by atoms with Crippen molar-refractivity contribution in [2.75, 3.05) is 17.6 Å². The summed E-state index contributed by atoms with van der Waals surface area (Å²) in [5.41, 5.74) is 0.826. The van der Waals surface area contributed by atoms with Crippen LogP contribution in [0.2, 0.25) is 0 Å². The highest BCUT2D eigenvalue weighted by Crippen LogP contribution is 2.32. The van der Waals surface area contributed by atoms with E-state index in [1.807, 2.05) is 18.0 Å². The van der Waals surface area contributed by atoms with Crippen LogP contribution in [0.3, 0.4) is 0 Å². The summed E-state index contributed by atoms with van der Waals surface area (Å²) in [6.45, 7) is 3.03. The second-order valence-corrected chi connectivity index (χ2v) is 6.38. The lowest BCUT2D eigenvalue weighted by Crippen LogP contribution is -2.05. The van der Waals surface area contributed by atoms with E-state index in [-0.39, 0.29) is 0 Å². The smallest absolute Gasteiger partial charge is 0.225 e. The number of anilines is 1. The average molecular weight is 291 g/mol. The van der Waals surface area contributed by atoms with Gasteiger partial charge in [-0.2, -0.15) is 10.1 Å². The van der Waals surface area contributed by atoms with Crippen molar-refractivity contribution in [1.29, 1.82) is 0 Å². The Morgan fingerprint density at radius 3 is 3.00 bits per heavy atom. The molecule has 0 amide bonds. The molecule has 0 aliphatic heterocycles. The van der Waals surface area contributed by atoms with Crippen molar-refractivity contribution in [3.8, 4) is 0 Å². The van der Waals surface area contributed by atoms with E-state index in [2.05, 4.69) is 32.4 Å². The molecule has 0 spiro atoms. The molecule has 2 aromatic heterocycles. The Balaban J connectivity index is 1.77. The number of thioether (sulfide) groups is 1. The Kier molecular flexibility index (Phi) is 4.40. The van der Waals surface area contributed by atoms with Crippen LogP contribution in [0, 0.1) is 5.92 Å². The molecule has 1 saturated carbocycles. The summed E-state index contributed by atoms with van der Waals surface area (Å²) < 4.78 is 0.